The maximum atomic E-state index is 11.4. The zero-order valence-corrected chi connectivity index (χ0v) is 10.8. The summed E-state index contributed by atoms with van der Waals surface area (Å²) in [6, 6.07) is -0.368. The van der Waals surface area contributed by atoms with Gasteiger partial charge in [-0.05, 0) is 20.3 Å². The van der Waals surface area contributed by atoms with Crippen LogP contribution < -0.4 is 5.32 Å². The van der Waals surface area contributed by atoms with Crippen LogP contribution in [0.5, 0.6) is 0 Å². The quantitative estimate of drug-likeness (QED) is 0.621. The van der Waals surface area contributed by atoms with E-state index in [1.54, 1.807) is 24.7 Å². The molecular weight excluding hydrogens is 236 g/mol. The molecule has 1 unspecified atom stereocenters. The fourth-order valence-electron chi connectivity index (χ4n) is 1.37. The Morgan fingerprint density at radius 1 is 1.67 bits per heavy atom. The summed E-state index contributed by atoms with van der Waals surface area (Å²) in [5, 5.41) is 19.6. The van der Waals surface area contributed by atoms with Crippen molar-refractivity contribution in [2.75, 3.05) is 13.2 Å². The van der Waals surface area contributed by atoms with Gasteiger partial charge in [0.2, 0.25) is 0 Å². The first-order valence-electron chi connectivity index (χ1n) is 6.07. The second-order valence-electron chi connectivity index (χ2n) is 3.90. The van der Waals surface area contributed by atoms with E-state index >= 15 is 0 Å². The van der Waals surface area contributed by atoms with Crippen molar-refractivity contribution in [1.82, 2.24) is 20.3 Å². The summed E-state index contributed by atoms with van der Waals surface area (Å²) in [7, 11) is 0. The van der Waals surface area contributed by atoms with E-state index in [1.807, 2.05) is 0 Å². The van der Waals surface area contributed by atoms with Crippen LogP contribution in [-0.4, -0.2) is 45.3 Å². The molecule has 0 amide bonds. The Balaban J connectivity index is 2.34. The molecular formula is C11H20N4O3. The number of hydrogen-bond donors (Lipinski definition) is 2. The van der Waals surface area contributed by atoms with Crippen LogP contribution in [0.2, 0.25) is 0 Å². The minimum Gasteiger partial charge on any atom is -0.465 e. The molecule has 0 aliphatic rings. The lowest BCUT2D eigenvalue weighted by atomic mass is 10.3. The van der Waals surface area contributed by atoms with Gasteiger partial charge in [0.15, 0.2) is 0 Å². The number of carbonyl (C=O) groups excluding carboxylic acids is 1. The number of aliphatic hydroxyl groups excluding tert-OH is 1. The number of aromatic nitrogens is 3. The third-order valence-electron chi connectivity index (χ3n) is 2.36. The molecule has 1 atom stereocenters. The highest BCUT2D eigenvalue weighted by Gasteiger charge is 2.13. The molecule has 0 saturated carbocycles. The maximum Gasteiger partial charge on any atom is 0.322 e. The molecule has 2 N–H and O–H groups in total. The molecule has 18 heavy (non-hydrogen) atoms. The third kappa shape index (κ3) is 4.80. The Labute approximate surface area is 106 Å². The van der Waals surface area contributed by atoms with Gasteiger partial charge in [-0.15, -0.1) is 5.10 Å². The molecule has 1 rings (SSSR count). The zero-order valence-electron chi connectivity index (χ0n) is 10.8. The number of aliphatic hydroxyl groups is 1. The lowest BCUT2D eigenvalue weighted by Gasteiger charge is -2.10. The van der Waals surface area contributed by atoms with Crippen molar-refractivity contribution in [2.24, 2.45) is 0 Å². The predicted molar refractivity (Wildman–Crippen MR) is 64.7 cm³/mol. The predicted octanol–water partition coefficient (Wildman–Crippen LogP) is -0.298. The van der Waals surface area contributed by atoms with Crippen LogP contribution in [0, 0.1) is 0 Å². The van der Waals surface area contributed by atoms with Gasteiger partial charge in [0.05, 0.1) is 12.3 Å². The Morgan fingerprint density at radius 2 is 2.44 bits per heavy atom. The van der Waals surface area contributed by atoms with Gasteiger partial charge >= 0.3 is 5.97 Å². The van der Waals surface area contributed by atoms with Crippen LogP contribution in [0.4, 0.5) is 0 Å². The van der Waals surface area contributed by atoms with E-state index in [0.29, 0.717) is 26.1 Å². The molecule has 1 heterocycles. The number of esters is 1. The highest BCUT2D eigenvalue weighted by atomic mass is 16.5. The Kier molecular flexibility index (Phi) is 6.31. The highest BCUT2D eigenvalue weighted by Crippen LogP contribution is 1.96. The fraction of sp³-hybridized carbons (Fsp3) is 0.727. The molecule has 0 aliphatic heterocycles. The lowest BCUT2D eigenvalue weighted by Crippen LogP contribution is -2.35. The standard InChI is InChI=1S/C11H20N4O3/c1-3-18-11(17)9(2)12-7-10-8-15(14-13-10)5-4-6-16/h8-9,12,16H,3-7H2,1-2H3. The van der Waals surface area contributed by atoms with Crippen LogP contribution in [0.1, 0.15) is 26.0 Å². The second-order valence-corrected chi connectivity index (χ2v) is 3.90. The molecule has 1 aromatic heterocycles. The van der Waals surface area contributed by atoms with Crippen LogP contribution in [0.15, 0.2) is 6.20 Å². The summed E-state index contributed by atoms with van der Waals surface area (Å²) in [4.78, 5) is 11.4. The number of aryl methyl sites for hydroxylation is 1. The summed E-state index contributed by atoms with van der Waals surface area (Å²) in [6.07, 6.45) is 2.44. The number of nitrogens with zero attached hydrogens (tertiary/aromatic N) is 3. The van der Waals surface area contributed by atoms with Crippen LogP contribution in [0.25, 0.3) is 0 Å². The van der Waals surface area contributed by atoms with Crippen molar-refractivity contribution in [3.8, 4) is 0 Å². The van der Waals surface area contributed by atoms with E-state index in [9.17, 15) is 4.79 Å². The molecule has 0 radical (unpaired) electrons. The Hall–Kier alpha value is -1.47. The highest BCUT2D eigenvalue weighted by molar-refractivity contribution is 5.75. The number of ether oxygens (including phenoxy) is 1. The Bertz CT molecular complexity index is 367. The molecule has 0 aliphatic carbocycles. The largest absolute Gasteiger partial charge is 0.465 e. The maximum absolute atomic E-state index is 11.4. The smallest absolute Gasteiger partial charge is 0.322 e. The van der Waals surface area contributed by atoms with Gasteiger partial charge in [0, 0.05) is 25.9 Å². The molecule has 0 fully saturated rings. The molecule has 1 aromatic rings. The summed E-state index contributed by atoms with van der Waals surface area (Å²) in [5.74, 6) is -0.273. The summed E-state index contributed by atoms with van der Waals surface area (Å²) in [5.41, 5.74) is 0.754. The summed E-state index contributed by atoms with van der Waals surface area (Å²) < 4.78 is 6.55. The van der Waals surface area contributed by atoms with E-state index in [-0.39, 0.29) is 18.6 Å². The first kappa shape index (κ1) is 14.6. The Morgan fingerprint density at radius 3 is 3.11 bits per heavy atom. The van der Waals surface area contributed by atoms with Crippen molar-refractivity contribution >= 4 is 5.97 Å². The van der Waals surface area contributed by atoms with Gasteiger partial charge in [-0.1, -0.05) is 5.21 Å². The topological polar surface area (TPSA) is 89.3 Å². The van der Waals surface area contributed by atoms with Gasteiger partial charge in [0.25, 0.3) is 0 Å². The minimum absolute atomic E-state index is 0.132. The zero-order chi connectivity index (χ0) is 13.4. The van der Waals surface area contributed by atoms with Crippen molar-refractivity contribution in [2.45, 2.75) is 39.4 Å². The minimum atomic E-state index is -0.368. The molecule has 7 nitrogen and oxygen atoms in total. The first-order valence-corrected chi connectivity index (χ1v) is 6.07. The number of nitrogens with one attached hydrogen (secondary N) is 1. The molecule has 0 saturated heterocycles. The second kappa shape index (κ2) is 7.78. The van der Waals surface area contributed by atoms with Crippen molar-refractivity contribution in [1.29, 1.82) is 0 Å². The average Bonchev–Trinajstić information content (AvgIpc) is 2.81. The van der Waals surface area contributed by atoms with E-state index in [2.05, 4.69) is 15.6 Å². The van der Waals surface area contributed by atoms with E-state index in [0.717, 1.165) is 5.69 Å². The van der Waals surface area contributed by atoms with Crippen LogP contribution >= 0.6 is 0 Å². The first-order chi connectivity index (χ1) is 8.67. The van der Waals surface area contributed by atoms with E-state index in [4.69, 9.17) is 9.84 Å². The molecule has 0 bridgehead atoms. The fourth-order valence-corrected chi connectivity index (χ4v) is 1.37. The average molecular weight is 256 g/mol. The molecule has 0 aromatic carbocycles. The van der Waals surface area contributed by atoms with E-state index < -0.39 is 0 Å². The monoisotopic (exact) mass is 256 g/mol. The SMILES string of the molecule is CCOC(=O)C(C)NCc1cn(CCCO)nn1. The van der Waals surface area contributed by atoms with Gasteiger partial charge in [-0.2, -0.15) is 0 Å². The van der Waals surface area contributed by atoms with Gasteiger partial charge in [0.1, 0.15) is 6.04 Å². The van der Waals surface area contributed by atoms with E-state index in [1.165, 1.54) is 0 Å². The summed E-state index contributed by atoms with van der Waals surface area (Å²) >= 11 is 0. The lowest BCUT2D eigenvalue weighted by molar-refractivity contribution is -0.145. The van der Waals surface area contributed by atoms with Gasteiger partial charge < -0.3 is 9.84 Å². The van der Waals surface area contributed by atoms with Crippen LogP contribution in [-0.2, 0) is 22.6 Å². The number of hydrogen-bond acceptors (Lipinski definition) is 6. The molecule has 7 heteroatoms. The van der Waals surface area contributed by atoms with Crippen molar-refractivity contribution in [3.63, 3.8) is 0 Å². The van der Waals surface area contributed by atoms with Gasteiger partial charge in [-0.3, -0.25) is 14.8 Å². The number of rotatable bonds is 8. The molecule has 102 valence electrons. The van der Waals surface area contributed by atoms with Gasteiger partial charge in [-0.25, -0.2) is 0 Å². The normalized spacial score (nSPS) is 12.4. The molecule has 0 spiro atoms. The third-order valence-corrected chi connectivity index (χ3v) is 2.36. The van der Waals surface area contributed by atoms with Crippen LogP contribution in [0.3, 0.4) is 0 Å². The summed E-state index contributed by atoms with van der Waals surface area (Å²) in [6.45, 7) is 5.12. The van der Waals surface area contributed by atoms with Crippen molar-refractivity contribution < 1.29 is 14.6 Å². The van der Waals surface area contributed by atoms with Crippen molar-refractivity contribution in [3.05, 3.63) is 11.9 Å². The number of carbonyl (C=O) groups is 1.